The minimum absolute atomic E-state index is 0.379. The molecular formula is C21H16F3N3O. The number of alkyl halides is 3. The number of nitrogens with zero attached hydrogens (tertiary/aromatic N) is 3. The Bertz CT molecular complexity index is 1150. The van der Waals surface area contributed by atoms with Gasteiger partial charge in [0.05, 0.1) is 24.1 Å². The van der Waals surface area contributed by atoms with E-state index in [1.165, 1.54) is 6.07 Å². The Morgan fingerprint density at radius 1 is 0.929 bits per heavy atom. The van der Waals surface area contributed by atoms with E-state index in [1.54, 1.807) is 29.7 Å². The molecule has 0 saturated heterocycles. The predicted molar refractivity (Wildman–Crippen MR) is 100 cm³/mol. The number of hydrogen-bond donors (Lipinski definition) is 0. The average molecular weight is 383 g/mol. The van der Waals surface area contributed by atoms with E-state index in [2.05, 4.69) is 9.97 Å². The van der Waals surface area contributed by atoms with Crippen LogP contribution < -0.4 is 4.74 Å². The van der Waals surface area contributed by atoms with Crippen LogP contribution in [-0.2, 0) is 6.18 Å². The molecule has 0 spiro atoms. The fourth-order valence-corrected chi connectivity index (χ4v) is 3.09. The fourth-order valence-electron chi connectivity index (χ4n) is 3.09. The van der Waals surface area contributed by atoms with Crippen molar-refractivity contribution in [1.29, 1.82) is 0 Å². The molecule has 0 saturated carbocycles. The zero-order valence-electron chi connectivity index (χ0n) is 15.2. The number of benzene rings is 2. The molecule has 0 aliphatic heterocycles. The van der Waals surface area contributed by atoms with E-state index >= 15 is 0 Å². The van der Waals surface area contributed by atoms with Crippen LogP contribution in [0, 0.1) is 6.92 Å². The van der Waals surface area contributed by atoms with Gasteiger partial charge in [-0.2, -0.15) is 13.2 Å². The molecule has 4 rings (SSSR count). The second kappa shape index (κ2) is 6.67. The lowest BCUT2D eigenvalue weighted by molar-refractivity contribution is -0.137. The van der Waals surface area contributed by atoms with Crippen LogP contribution in [0.5, 0.6) is 5.75 Å². The Kier molecular flexibility index (Phi) is 4.30. The third-order valence-corrected chi connectivity index (χ3v) is 4.46. The van der Waals surface area contributed by atoms with Crippen molar-refractivity contribution in [3.8, 4) is 28.3 Å². The molecule has 0 amide bonds. The molecule has 4 nitrogen and oxygen atoms in total. The highest BCUT2D eigenvalue weighted by Gasteiger charge is 2.31. The third kappa shape index (κ3) is 3.19. The van der Waals surface area contributed by atoms with Crippen LogP contribution in [-0.4, -0.2) is 21.5 Å². The number of methoxy groups -OCH3 is 1. The largest absolute Gasteiger partial charge is 0.497 e. The molecule has 28 heavy (non-hydrogen) atoms. The van der Waals surface area contributed by atoms with Crippen molar-refractivity contribution in [2.75, 3.05) is 7.11 Å². The van der Waals surface area contributed by atoms with Crippen molar-refractivity contribution in [3.05, 3.63) is 72.1 Å². The Hall–Kier alpha value is -3.35. The van der Waals surface area contributed by atoms with Crippen molar-refractivity contribution < 1.29 is 17.9 Å². The Balaban J connectivity index is 1.97. The van der Waals surface area contributed by atoms with Gasteiger partial charge in [0.25, 0.3) is 0 Å². The van der Waals surface area contributed by atoms with E-state index in [4.69, 9.17) is 4.74 Å². The zero-order chi connectivity index (χ0) is 19.9. The summed E-state index contributed by atoms with van der Waals surface area (Å²) in [6, 6.07) is 14.3. The van der Waals surface area contributed by atoms with Crippen LogP contribution in [0.15, 0.2) is 60.8 Å². The SMILES string of the molecule is COc1ccc(-c2c(-c3cccc(C(F)(F)F)c3)nc3nc(C)ccn23)cc1. The second-order valence-electron chi connectivity index (χ2n) is 6.36. The summed E-state index contributed by atoms with van der Waals surface area (Å²) >= 11 is 0. The minimum Gasteiger partial charge on any atom is -0.497 e. The number of halogens is 3. The molecule has 2 aromatic heterocycles. The molecule has 0 bridgehead atoms. The maximum Gasteiger partial charge on any atom is 0.416 e. The first kappa shape index (κ1) is 18.0. The quantitative estimate of drug-likeness (QED) is 0.476. The van der Waals surface area contributed by atoms with Crippen molar-refractivity contribution in [3.63, 3.8) is 0 Å². The van der Waals surface area contributed by atoms with Gasteiger partial charge in [0, 0.05) is 23.0 Å². The molecule has 0 unspecified atom stereocenters. The normalized spacial score (nSPS) is 11.8. The number of imidazole rings is 1. The molecule has 0 atom stereocenters. The van der Waals surface area contributed by atoms with Crippen LogP contribution in [0.4, 0.5) is 13.2 Å². The molecule has 0 aliphatic rings. The third-order valence-electron chi connectivity index (χ3n) is 4.46. The summed E-state index contributed by atoms with van der Waals surface area (Å²) in [6.45, 7) is 1.84. The Morgan fingerprint density at radius 2 is 1.68 bits per heavy atom. The van der Waals surface area contributed by atoms with Gasteiger partial charge in [-0.3, -0.25) is 4.40 Å². The standard InChI is InChI=1S/C21H16F3N3O/c1-13-10-11-27-19(14-6-8-17(28-2)9-7-14)18(26-20(27)25-13)15-4-3-5-16(12-15)21(22,23)24/h3-12H,1-2H3. The lowest BCUT2D eigenvalue weighted by atomic mass is 10.0. The summed E-state index contributed by atoms with van der Waals surface area (Å²) in [5, 5.41) is 0. The number of aryl methyl sites for hydroxylation is 1. The second-order valence-corrected chi connectivity index (χ2v) is 6.36. The van der Waals surface area contributed by atoms with Crippen molar-refractivity contribution in [2.45, 2.75) is 13.1 Å². The van der Waals surface area contributed by atoms with E-state index < -0.39 is 11.7 Å². The van der Waals surface area contributed by atoms with Gasteiger partial charge in [-0.15, -0.1) is 0 Å². The molecule has 7 heteroatoms. The highest BCUT2D eigenvalue weighted by Crippen LogP contribution is 2.36. The van der Waals surface area contributed by atoms with E-state index in [0.717, 1.165) is 23.4 Å². The highest BCUT2D eigenvalue weighted by molar-refractivity contribution is 5.81. The van der Waals surface area contributed by atoms with Crippen LogP contribution >= 0.6 is 0 Å². The first-order valence-electron chi connectivity index (χ1n) is 8.54. The molecule has 4 aromatic rings. The number of hydrogen-bond acceptors (Lipinski definition) is 3. The van der Waals surface area contributed by atoms with E-state index in [0.29, 0.717) is 28.5 Å². The van der Waals surface area contributed by atoms with Gasteiger partial charge in [0.15, 0.2) is 0 Å². The fraction of sp³-hybridized carbons (Fsp3) is 0.143. The maximum absolute atomic E-state index is 13.2. The number of fused-ring (bicyclic) bond motifs is 1. The van der Waals surface area contributed by atoms with Crippen molar-refractivity contribution in [2.24, 2.45) is 0 Å². The van der Waals surface area contributed by atoms with Crippen molar-refractivity contribution in [1.82, 2.24) is 14.4 Å². The van der Waals surface area contributed by atoms with E-state index in [-0.39, 0.29) is 0 Å². The van der Waals surface area contributed by atoms with E-state index in [9.17, 15) is 13.2 Å². The van der Waals surface area contributed by atoms with Gasteiger partial charge >= 0.3 is 6.18 Å². The zero-order valence-corrected chi connectivity index (χ0v) is 15.2. The summed E-state index contributed by atoms with van der Waals surface area (Å²) in [6.07, 6.45) is -2.61. The molecule has 142 valence electrons. The van der Waals surface area contributed by atoms with Crippen LogP contribution in [0.3, 0.4) is 0 Å². The minimum atomic E-state index is -4.43. The van der Waals surface area contributed by atoms with Gasteiger partial charge in [-0.1, -0.05) is 12.1 Å². The van der Waals surface area contributed by atoms with Gasteiger partial charge in [-0.05, 0) is 49.4 Å². The van der Waals surface area contributed by atoms with Crippen molar-refractivity contribution >= 4 is 5.78 Å². The van der Waals surface area contributed by atoms with Gasteiger partial charge in [0.1, 0.15) is 5.75 Å². The van der Waals surface area contributed by atoms with Gasteiger partial charge < -0.3 is 4.74 Å². The number of ether oxygens (including phenoxy) is 1. The van der Waals surface area contributed by atoms with Crippen LogP contribution in [0.2, 0.25) is 0 Å². The average Bonchev–Trinajstić information content (AvgIpc) is 3.06. The summed E-state index contributed by atoms with van der Waals surface area (Å²) in [4.78, 5) is 8.96. The number of rotatable bonds is 3. The molecular weight excluding hydrogens is 367 g/mol. The molecule has 0 radical (unpaired) electrons. The van der Waals surface area contributed by atoms with Gasteiger partial charge in [0.2, 0.25) is 5.78 Å². The highest BCUT2D eigenvalue weighted by atomic mass is 19.4. The topological polar surface area (TPSA) is 39.4 Å². The summed E-state index contributed by atoms with van der Waals surface area (Å²) in [7, 11) is 1.57. The van der Waals surface area contributed by atoms with Crippen LogP contribution in [0.25, 0.3) is 28.3 Å². The predicted octanol–water partition coefficient (Wildman–Crippen LogP) is 5.40. The van der Waals surface area contributed by atoms with Gasteiger partial charge in [-0.25, -0.2) is 9.97 Å². The van der Waals surface area contributed by atoms with Crippen LogP contribution in [0.1, 0.15) is 11.3 Å². The molecule has 0 aliphatic carbocycles. The van der Waals surface area contributed by atoms with E-state index in [1.807, 2.05) is 31.3 Å². The molecule has 2 aromatic carbocycles. The smallest absolute Gasteiger partial charge is 0.416 e. The summed E-state index contributed by atoms with van der Waals surface area (Å²) < 4.78 is 46.6. The molecule has 2 heterocycles. The molecule has 0 fully saturated rings. The lowest BCUT2D eigenvalue weighted by Gasteiger charge is -2.10. The summed E-state index contributed by atoms with van der Waals surface area (Å²) in [5.41, 5.74) is 2.34. The monoisotopic (exact) mass is 383 g/mol. The maximum atomic E-state index is 13.2. The first-order valence-corrected chi connectivity index (χ1v) is 8.54. The Labute approximate surface area is 159 Å². The Morgan fingerprint density at radius 3 is 2.36 bits per heavy atom. The molecule has 0 N–H and O–H groups in total. The summed E-state index contributed by atoms with van der Waals surface area (Å²) in [5.74, 6) is 1.12. The lowest BCUT2D eigenvalue weighted by Crippen LogP contribution is -2.04. The number of aromatic nitrogens is 3. The first-order chi connectivity index (χ1) is 13.4.